The Labute approximate surface area is 128 Å². The molecule has 2 rings (SSSR count). The van der Waals surface area contributed by atoms with Crippen LogP contribution in [0.5, 0.6) is 11.6 Å². The van der Waals surface area contributed by atoms with Crippen LogP contribution in [-0.4, -0.2) is 11.5 Å². The maximum atomic E-state index is 5.99. The minimum atomic E-state index is 0.208. The number of nitrogens with zero attached hydrogens (tertiary/aromatic N) is 1. The first-order valence-corrected chi connectivity index (χ1v) is 7.53. The van der Waals surface area contributed by atoms with Crippen LogP contribution in [0.2, 0.25) is 0 Å². The third-order valence-corrected chi connectivity index (χ3v) is 3.61. The highest BCUT2D eigenvalue weighted by Gasteiger charge is 2.13. The molecule has 1 aromatic carbocycles. The van der Waals surface area contributed by atoms with E-state index in [2.05, 4.69) is 40.1 Å². The molecule has 0 saturated carbocycles. The SMILES string of the molecule is CCNC(C)c1cccnc1Oc1ccc(Br)cc1C. The molecule has 2 aromatic rings. The molecule has 106 valence electrons. The molecule has 3 nitrogen and oxygen atoms in total. The van der Waals surface area contributed by atoms with Gasteiger partial charge in [-0.15, -0.1) is 0 Å². The number of hydrogen-bond acceptors (Lipinski definition) is 3. The fourth-order valence-electron chi connectivity index (χ4n) is 2.07. The summed E-state index contributed by atoms with van der Waals surface area (Å²) in [6.45, 7) is 7.14. The standard InChI is InChI=1S/C16H19BrN2O/c1-4-18-12(3)14-6-5-9-19-16(14)20-15-8-7-13(17)10-11(15)2/h5-10,12,18H,4H2,1-3H3. The van der Waals surface area contributed by atoms with E-state index in [9.17, 15) is 0 Å². The van der Waals surface area contributed by atoms with Gasteiger partial charge >= 0.3 is 0 Å². The van der Waals surface area contributed by atoms with Crippen LogP contribution in [-0.2, 0) is 0 Å². The van der Waals surface area contributed by atoms with Crippen molar-refractivity contribution in [2.24, 2.45) is 0 Å². The molecule has 0 aliphatic carbocycles. The second-order valence-corrected chi connectivity index (χ2v) is 5.60. The molecule has 0 fully saturated rings. The Morgan fingerprint density at radius 1 is 1.35 bits per heavy atom. The van der Waals surface area contributed by atoms with E-state index in [0.29, 0.717) is 5.88 Å². The van der Waals surface area contributed by atoms with Crippen LogP contribution >= 0.6 is 15.9 Å². The highest BCUT2D eigenvalue weighted by atomic mass is 79.9. The largest absolute Gasteiger partial charge is 0.438 e. The summed E-state index contributed by atoms with van der Waals surface area (Å²) in [5.74, 6) is 1.49. The van der Waals surface area contributed by atoms with Crippen molar-refractivity contribution >= 4 is 15.9 Å². The van der Waals surface area contributed by atoms with Gasteiger partial charge in [0, 0.05) is 22.3 Å². The zero-order valence-electron chi connectivity index (χ0n) is 12.0. The lowest BCUT2D eigenvalue weighted by atomic mass is 10.1. The second-order valence-electron chi connectivity index (χ2n) is 4.69. The van der Waals surface area contributed by atoms with Gasteiger partial charge in [0.2, 0.25) is 5.88 Å². The molecule has 1 atom stereocenters. The van der Waals surface area contributed by atoms with Crippen molar-refractivity contribution in [3.05, 3.63) is 52.1 Å². The van der Waals surface area contributed by atoms with Crippen LogP contribution in [0.4, 0.5) is 0 Å². The summed E-state index contributed by atoms with van der Waals surface area (Å²) >= 11 is 3.46. The molecule has 0 aliphatic heterocycles. The van der Waals surface area contributed by atoms with Gasteiger partial charge in [-0.3, -0.25) is 0 Å². The van der Waals surface area contributed by atoms with Crippen LogP contribution in [0, 0.1) is 6.92 Å². The minimum Gasteiger partial charge on any atom is -0.438 e. The highest BCUT2D eigenvalue weighted by Crippen LogP contribution is 2.30. The molecule has 1 N–H and O–H groups in total. The zero-order valence-corrected chi connectivity index (χ0v) is 13.6. The van der Waals surface area contributed by atoms with Crippen molar-refractivity contribution in [1.29, 1.82) is 0 Å². The van der Waals surface area contributed by atoms with Crippen molar-refractivity contribution in [3.63, 3.8) is 0 Å². The molecular formula is C16H19BrN2O. The van der Waals surface area contributed by atoms with Gasteiger partial charge < -0.3 is 10.1 Å². The summed E-state index contributed by atoms with van der Waals surface area (Å²) < 4.78 is 7.04. The number of aryl methyl sites for hydroxylation is 1. The number of hydrogen-bond donors (Lipinski definition) is 1. The Balaban J connectivity index is 2.29. The second kappa shape index (κ2) is 6.86. The third kappa shape index (κ3) is 3.58. The molecule has 0 amide bonds. The van der Waals surface area contributed by atoms with Gasteiger partial charge in [0.05, 0.1) is 0 Å². The number of nitrogens with one attached hydrogen (secondary N) is 1. The van der Waals surface area contributed by atoms with Crippen molar-refractivity contribution in [2.45, 2.75) is 26.8 Å². The average molecular weight is 335 g/mol. The Kier molecular flexibility index (Phi) is 5.15. The molecule has 1 heterocycles. The molecule has 4 heteroatoms. The third-order valence-electron chi connectivity index (χ3n) is 3.12. The fourth-order valence-corrected chi connectivity index (χ4v) is 2.54. The summed E-state index contributed by atoms with van der Waals surface area (Å²) in [4.78, 5) is 4.37. The first-order chi connectivity index (χ1) is 9.61. The molecule has 0 spiro atoms. The van der Waals surface area contributed by atoms with Crippen LogP contribution in [0.1, 0.15) is 31.0 Å². The van der Waals surface area contributed by atoms with Gasteiger partial charge in [-0.25, -0.2) is 4.98 Å². The van der Waals surface area contributed by atoms with E-state index in [1.54, 1.807) is 6.20 Å². The fraction of sp³-hybridized carbons (Fsp3) is 0.312. The van der Waals surface area contributed by atoms with Gasteiger partial charge in [0.25, 0.3) is 0 Å². The van der Waals surface area contributed by atoms with Gasteiger partial charge in [-0.05, 0) is 50.2 Å². The van der Waals surface area contributed by atoms with Crippen LogP contribution in [0.25, 0.3) is 0 Å². The van der Waals surface area contributed by atoms with Gasteiger partial charge in [-0.2, -0.15) is 0 Å². The Morgan fingerprint density at radius 2 is 2.15 bits per heavy atom. The van der Waals surface area contributed by atoms with Gasteiger partial charge in [-0.1, -0.05) is 28.9 Å². The van der Waals surface area contributed by atoms with E-state index in [4.69, 9.17) is 4.74 Å². The Morgan fingerprint density at radius 3 is 2.85 bits per heavy atom. The average Bonchev–Trinajstić information content (AvgIpc) is 2.43. The number of rotatable bonds is 5. The molecule has 0 saturated heterocycles. The van der Waals surface area contributed by atoms with Crippen molar-refractivity contribution in [2.75, 3.05) is 6.54 Å². The van der Waals surface area contributed by atoms with E-state index in [1.807, 2.05) is 37.3 Å². The smallest absolute Gasteiger partial charge is 0.223 e. The lowest BCUT2D eigenvalue weighted by molar-refractivity contribution is 0.441. The summed E-state index contributed by atoms with van der Waals surface area (Å²) in [7, 11) is 0. The summed E-state index contributed by atoms with van der Waals surface area (Å²) in [5.41, 5.74) is 2.14. The van der Waals surface area contributed by atoms with Crippen molar-refractivity contribution in [3.8, 4) is 11.6 Å². The van der Waals surface area contributed by atoms with E-state index in [1.165, 1.54) is 0 Å². The van der Waals surface area contributed by atoms with Gasteiger partial charge in [0.1, 0.15) is 5.75 Å². The van der Waals surface area contributed by atoms with Crippen LogP contribution in [0.15, 0.2) is 41.0 Å². The first-order valence-electron chi connectivity index (χ1n) is 6.74. The molecule has 0 bridgehead atoms. The molecule has 0 radical (unpaired) electrons. The predicted molar refractivity (Wildman–Crippen MR) is 85.3 cm³/mol. The molecular weight excluding hydrogens is 316 g/mol. The topological polar surface area (TPSA) is 34.2 Å². The number of pyridine rings is 1. The number of halogens is 1. The van der Waals surface area contributed by atoms with Gasteiger partial charge in [0.15, 0.2) is 0 Å². The summed E-state index contributed by atoms with van der Waals surface area (Å²) in [5, 5.41) is 3.38. The lowest BCUT2D eigenvalue weighted by Gasteiger charge is -2.17. The van der Waals surface area contributed by atoms with E-state index < -0.39 is 0 Å². The van der Waals surface area contributed by atoms with Crippen molar-refractivity contribution < 1.29 is 4.74 Å². The van der Waals surface area contributed by atoms with Crippen LogP contribution < -0.4 is 10.1 Å². The van der Waals surface area contributed by atoms with E-state index in [0.717, 1.165) is 27.9 Å². The molecule has 0 aliphatic rings. The Bertz CT molecular complexity index is 586. The molecule has 1 unspecified atom stereocenters. The predicted octanol–water partition coefficient (Wildman–Crippen LogP) is 4.62. The normalized spacial score (nSPS) is 12.2. The monoisotopic (exact) mass is 334 g/mol. The maximum absolute atomic E-state index is 5.99. The quantitative estimate of drug-likeness (QED) is 0.866. The van der Waals surface area contributed by atoms with Crippen molar-refractivity contribution in [1.82, 2.24) is 10.3 Å². The number of benzene rings is 1. The molecule has 20 heavy (non-hydrogen) atoms. The number of ether oxygens (including phenoxy) is 1. The summed E-state index contributed by atoms with van der Waals surface area (Å²) in [6.07, 6.45) is 1.76. The van der Waals surface area contributed by atoms with E-state index in [-0.39, 0.29) is 6.04 Å². The number of aromatic nitrogens is 1. The lowest BCUT2D eigenvalue weighted by Crippen LogP contribution is -2.18. The summed E-state index contributed by atoms with van der Waals surface area (Å²) in [6, 6.07) is 10.1. The first kappa shape index (κ1) is 15.0. The minimum absolute atomic E-state index is 0.208. The Hall–Kier alpha value is -1.39. The highest BCUT2D eigenvalue weighted by molar-refractivity contribution is 9.10. The maximum Gasteiger partial charge on any atom is 0.223 e. The zero-order chi connectivity index (χ0) is 14.5. The molecule has 1 aromatic heterocycles. The van der Waals surface area contributed by atoms with E-state index >= 15 is 0 Å². The van der Waals surface area contributed by atoms with Crippen LogP contribution in [0.3, 0.4) is 0 Å².